The van der Waals surface area contributed by atoms with Gasteiger partial charge in [-0.1, -0.05) is 0 Å². The summed E-state index contributed by atoms with van der Waals surface area (Å²) in [6.07, 6.45) is 0. The zero-order chi connectivity index (χ0) is 0. The van der Waals surface area contributed by atoms with Crippen molar-refractivity contribution in [1.82, 2.24) is 0 Å². The Morgan fingerprint density at radius 2 is 0.200 bits per heavy atom. The molecule has 0 saturated heterocycles. The van der Waals surface area contributed by atoms with Gasteiger partial charge in [-0.05, 0) is 0 Å². The van der Waals surface area contributed by atoms with E-state index in [2.05, 4.69) is 0 Å². The van der Waals surface area contributed by atoms with Crippen LogP contribution in [0.15, 0.2) is 0 Å². The third-order valence-electron chi connectivity index (χ3n) is 0. The Balaban J connectivity index is 0. The Morgan fingerprint density at radius 3 is 0.200 bits per heavy atom. The Labute approximate surface area is 110 Å². The molecule has 0 aromatic heterocycles. The van der Waals surface area contributed by atoms with Crippen LogP contribution in [0.1, 0.15) is 0 Å². The molecule has 0 aromatic rings. The molecule has 0 saturated carbocycles. The third-order valence-corrected chi connectivity index (χ3v) is 0. The molecule has 50 valence electrons. The van der Waals surface area contributed by atoms with Crippen LogP contribution in [0.5, 0.6) is 0 Å². The number of hydrogen-bond donors (Lipinski definition) is 0. The first-order valence-corrected chi connectivity index (χ1v) is 0. The van der Waals surface area contributed by atoms with Crippen molar-refractivity contribution in [2.75, 3.05) is 0 Å². The molecule has 0 radical (unpaired) electrons. The first-order valence-electron chi connectivity index (χ1n) is 0. The summed E-state index contributed by atoms with van der Waals surface area (Å²) in [5.74, 6) is 0. The standard InChI is InChI=1S/5Au/q5*+1. The van der Waals surface area contributed by atoms with Gasteiger partial charge in [-0.2, -0.15) is 0 Å². The molecule has 0 aliphatic heterocycles. The fourth-order valence-corrected chi connectivity index (χ4v) is 0. The average Bonchev–Trinajstić information content (AvgIpc) is 0. The van der Waals surface area contributed by atoms with Gasteiger partial charge in [-0.25, -0.2) is 0 Å². The summed E-state index contributed by atoms with van der Waals surface area (Å²) in [6.45, 7) is 0. The summed E-state index contributed by atoms with van der Waals surface area (Å²) in [5.41, 5.74) is 0. The molecule has 5 heavy (non-hydrogen) atoms. The van der Waals surface area contributed by atoms with E-state index in [9.17, 15) is 0 Å². The number of hydrogen-bond acceptors (Lipinski definition) is 0. The molecule has 0 bridgehead atoms. The van der Waals surface area contributed by atoms with Crippen molar-refractivity contribution in [2.45, 2.75) is 0 Å². The fourth-order valence-electron chi connectivity index (χ4n) is 0. The minimum absolute atomic E-state index is 0. The second-order valence-electron chi connectivity index (χ2n) is 0. The molecule has 0 nitrogen and oxygen atoms in total. The van der Waals surface area contributed by atoms with Gasteiger partial charge >= 0.3 is 112 Å². The van der Waals surface area contributed by atoms with Crippen LogP contribution in [0, 0.1) is 0 Å². The van der Waals surface area contributed by atoms with Crippen molar-refractivity contribution in [2.24, 2.45) is 0 Å². The van der Waals surface area contributed by atoms with Crippen molar-refractivity contribution in [3.8, 4) is 0 Å². The van der Waals surface area contributed by atoms with Gasteiger partial charge in [0.1, 0.15) is 0 Å². The Bertz CT molecular complexity index is 0. The first-order chi connectivity index (χ1) is 0. The molecule has 0 unspecified atom stereocenters. The van der Waals surface area contributed by atoms with Crippen LogP contribution in [0.25, 0.3) is 0 Å². The molecule has 0 aromatic carbocycles. The predicted molar refractivity (Wildman–Crippen MR) is 0 cm³/mol. The van der Waals surface area contributed by atoms with Crippen LogP contribution in [0.3, 0.4) is 0 Å². The molecular formula is Au5+5. The minimum atomic E-state index is 0. The fraction of sp³-hybridized carbons (Fsp3) is 0. The molecule has 0 fully saturated rings. The summed E-state index contributed by atoms with van der Waals surface area (Å²) in [7, 11) is 0. The van der Waals surface area contributed by atoms with E-state index in [0.29, 0.717) is 0 Å². The van der Waals surface area contributed by atoms with E-state index >= 15 is 0 Å². The maximum Gasteiger partial charge on any atom is 1.00 e. The zero-order valence-electron chi connectivity index (χ0n) is 1.51. The van der Waals surface area contributed by atoms with E-state index in [-0.39, 0.29) is 112 Å². The smallest absolute Gasteiger partial charge is 1.00 e. The molecule has 0 heterocycles. The zero-order valence-corrected chi connectivity index (χ0v) is 12.3. The molecule has 5 heteroatoms. The SMILES string of the molecule is [Au+].[Au+].[Au+].[Au+].[Au+]. The topological polar surface area (TPSA) is 0 Å². The molecule has 0 amide bonds. The van der Waals surface area contributed by atoms with Crippen molar-refractivity contribution < 1.29 is 112 Å². The maximum atomic E-state index is 0. The van der Waals surface area contributed by atoms with Gasteiger partial charge in [0.25, 0.3) is 0 Å². The predicted octanol–water partition coefficient (Wildman–Crippen LogP) is -0.0125. The van der Waals surface area contributed by atoms with E-state index in [0.717, 1.165) is 0 Å². The van der Waals surface area contributed by atoms with Crippen molar-refractivity contribution in [3.05, 3.63) is 0 Å². The van der Waals surface area contributed by atoms with Gasteiger partial charge < -0.3 is 0 Å². The maximum absolute atomic E-state index is 0. The van der Waals surface area contributed by atoms with E-state index in [4.69, 9.17) is 0 Å². The third kappa shape index (κ3) is 18.3. The Hall–Kier alpha value is 3.70. The summed E-state index contributed by atoms with van der Waals surface area (Å²) < 4.78 is 0. The van der Waals surface area contributed by atoms with E-state index in [1.54, 1.807) is 0 Å². The van der Waals surface area contributed by atoms with Crippen LogP contribution in [0.2, 0.25) is 0 Å². The van der Waals surface area contributed by atoms with Crippen LogP contribution >= 0.6 is 0 Å². The molecule has 0 aliphatic rings. The second-order valence-corrected chi connectivity index (χ2v) is 0. The van der Waals surface area contributed by atoms with Crippen LogP contribution in [-0.2, 0) is 112 Å². The summed E-state index contributed by atoms with van der Waals surface area (Å²) in [5, 5.41) is 0. The van der Waals surface area contributed by atoms with Gasteiger partial charge in [0.15, 0.2) is 0 Å². The largest absolute Gasteiger partial charge is 1.00 e. The van der Waals surface area contributed by atoms with Crippen LogP contribution in [0.4, 0.5) is 0 Å². The minimum Gasteiger partial charge on any atom is 1.00 e. The second kappa shape index (κ2) is 25.2. The van der Waals surface area contributed by atoms with Gasteiger partial charge in [-0.15, -0.1) is 0 Å². The summed E-state index contributed by atoms with van der Waals surface area (Å²) in [6, 6.07) is 0. The van der Waals surface area contributed by atoms with E-state index in [1.165, 1.54) is 0 Å². The molecular weight excluding hydrogens is 985 g/mol. The molecule has 0 N–H and O–H groups in total. The molecule has 0 aliphatic carbocycles. The van der Waals surface area contributed by atoms with Crippen molar-refractivity contribution >= 4 is 0 Å². The van der Waals surface area contributed by atoms with Crippen molar-refractivity contribution in [1.29, 1.82) is 0 Å². The molecule has 0 spiro atoms. The number of rotatable bonds is 0. The van der Waals surface area contributed by atoms with Crippen LogP contribution < -0.4 is 0 Å². The van der Waals surface area contributed by atoms with Gasteiger partial charge in [0.2, 0.25) is 0 Å². The Morgan fingerprint density at radius 1 is 0.200 bits per heavy atom. The van der Waals surface area contributed by atoms with Crippen LogP contribution in [-0.4, -0.2) is 0 Å². The summed E-state index contributed by atoms with van der Waals surface area (Å²) >= 11 is 0. The van der Waals surface area contributed by atoms with Gasteiger partial charge in [-0.3, -0.25) is 0 Å². The monoisotopic (exact) mass is 985 g/mol. The first kappa shape index (κ1) is 37.7. The van der Waals surface area contributed by atoms with Gasteiger partial charge in [0, 0.05) is 0 Å². The molecule has 0 atom stereocenters. The normalized spacial score (nSPS) is 0. The quantitative estimate of drug-likeness (QED) is 0.301. The van der Waals surface area contributed by atoms with E-state index < -0.39 is 0 Å². The van der Waals surface area contributed by atoms with E-state index in [1.807, 2.05) is 0 Å². The molecule has 0 rings (SSSR count). The Kier molecular flexibility index (Phi) is 190. The average molecular weight is 985 g/mol. The summed E-state index contributed by atoms with van der Waals surface area (Å²) in [4.78, 5) is 0. The van der Waals surface area contributed by atoms with Gasteiger partial charge in [0.05, 0.1) is 0 Å². The van der Waals surface area contributed by atoms with Crippen molar-refractivity contribution in [3.63, 3.8) is 0 Å².